The summed E-state index contributed by atoms with van der Waals surface area (Å²) in [6.07, 6.45) is 1.09. The van der Waals surface area contributed by atoms with Crippen LogP contribution in [0.2, 0.25) is 0 Å². The van der Waals surface area contributed by atoms with Crippen molar-refractivity contribution in [2.75, 3.05) is 0 Å². The summed E-state index contributed by atoms with van der Waals surface area (Å²) in [6, 6.07) is 0. The Morgan fingerprint density at radius 2 is 1.88 bits per heavy atom. The third-order valence-electron chi connectivity index (χ3n) is 3.32. The van der Waals surface area contributed by atoms with Crippen LogP contribution >= 0.6 is 15.9 Å². The van der Waals surface area contributed by atoms with Crippen molar-refractivity contribution in [3.05, 3.63) is 11.8 Å². The summed E-state index contributed by atoms with van der Waals surface area (Å²) >= 11 is 3.60. The second-order valence-electron chi connectivity index (χ2n) is 7.04. The average molecular weight is 418 g/mol. The first-order valence-electron chi connectivity index (χ1n) is 8.30. The van der Waals surface area contributed by atoms with Crippen LogP contribution in [0.25, 0.3) is 0 Å². The molecule has 0 bridgehead atoms. The summed E-state index contributed by atoms with van der Waals surface area (Å²) in [5.41, 5.74) is -0.217. The van der Waals surface area contributed by atoms with Crippen LogP contribution < -0.4 is 10.1 Å². The van der Waals surface area contributed by atoms with Gasteiger partial charge in [-0.05, 0) is 41.5 Å². The third-order valence-corrected chi connectivity index (χ3v) is 4.75. The van der Waals surface area contributed by atoms with Gasteiger partial charge in [0.05, 0.1) is 29.8 Å². The van der Waals surface area contributed by atoms with Gasteiger partial charge in [-0.15, -0.1) is 0 Å². The van der Waals surface area contributed by atoms with Crippen LogP contribution in [0.4, 0.5) is 0 Å². The molecule has 142 valence electrons. The van der Waals surface area contributed by atoms with Crippen LogP contribution in [0.3, 0.4) is 0 Å². The van der Waals surface area contributed by atoms with E-state index < -0.39 is 11.5 Å². The predicted molar refractivity (Wildman–Crippen MR) is 99.2 cm³/mol. The lowest BCUT2D eigenvalue weighted by atomic mass is 10.0. The third kappa shape index (κ3) is 6.34. The molecule has 0 fully saturated rings. The lowest BCUT2D eigenvalue weighted by molar-refractivity contribution is -0.120. The Balaban J connectivity index is 3.08. The zero-order valence-electron chi connectivity index (χ0n) is 15.9. The molecule has 25 heavy (non-hydrogen) atoms. The van der Waals surface area contributed by atoms with Gasteiger partial charge in [0.2, 0.25) is 11.8 Å². The molecule has 1 rings (SSSR count). The van der Waals surface area contributed by atoms with E-state index >= 15 is 0 Å². The standard InChI is InChI=1S/C17H28BrN3O4/c1-10(2)24-15-13(16(23)25-11(3)4)8-19-21(15)9-14(18)17(6,7)20-12(5)22/h8,10-11,14H,9H2,1-7H3,(H,20,22). The molecular weight excluding hydrogens is 390 g/mol. The Hall–Kier alpha value is -1.57. The molecule has 1 unspecified atom stereocenters. The SMILES string of the molecule is CC(=O)NC(C)(C)C(Br)Cn1ncc(C(=O)OC(C)C)c1OC(C)C. The first-order valence-corrected chi connectivity index (χ1v) is 9.21. The number of nitrogens with zero attached hydrogens (tertiary/aromatic N) is 2. The Labute approximate surface area is 157 Å². The summed E-state index contributed by atoms with van der Waals surface area (Å²) in [4.78, 5) is 23.5. The fourth-order valence-corrected chi connectivity index (χ4v) is 2.57. The number of esters is 1. The van der Waals surface area contributed by atoms with E-state index in [2.05, 4.69) is 26.3 Å². The van der Waals surface area contributed by atoms with Gasteiger partial charge in [-0.3, -0.25) is 4.79 Å². The summed E-state index contributed by atoms with van der Waals surface area (Å²) in [5, 5.41) is 7.17. The lowest BCUT2D eigenvalue weighted by Crippen LogP contribution is -2.50. The summed E-state index contributed by atoms with van der Waals surface area (Å²) < 4.78 is 12.7. The van der Waals surface area contributed by atoms with Gasteiger partial charge < -0.3 is 14.8 Å². The van der Waals surface area contributed by atoms with Crippen LogP contribution in [0.15, 0.2) is 6.20 Å². The van der Waals surface area contributed by atoms with Crippen molar-refractivity contribution in [2.45, 2.75) is 77.6 Å². The average Bonchev–Trinajstić information content (AvgIpc) is 2.78. The minimum Gasteiger partial charge on any atom is -0.474 e. The second kappa shape index (κ2) is 8.69. The second-order valence-corrected chi connectivity index (χ2v) is 8.14. The van der Waals surface area contributed by atoms with E-state index in [1.165, 1.54) is 13.1 Å². The molecule has 0 spiro atoms. The van der Waals surface area contributed by atoms with Crippen molar-refractivity contribution >= 4 is 27.8 Å². The molecular formula is C17H28BrN3O4. The first kappa shape index (κ1) is 21.5. The van der Waals surface area contributed by atoms with Crippen molar-refractivity contribution in [3.8, 4) is 5.88 Å². The molecule has 1 N–H and O–H groups in total. The number of hydrogen-bond acceptors (Lipinski definition) is 5. The Morgan fingerprint density at radius 3 is 2.36 bits per heavy atom. The summed E-state index contributed by atoms with van der Waals surface area (Å²) in [5.74, 6) is -0.220. The number of carbonyl (C=O) groups is 2. The number of alkyl halides is 1. The zero-order valence-corrected chi connectivity index (χ0v) is 17.5. The van der Waals surface area contributed by atoms with E-state index in [9.17, 15) is 9.59 Å². The van der Waals surface area contributed by atoms with Crippen molar-refractivity contribution in [1.82, 2.24) is 15.1 Å². The highest BCUT2D eigenvalue weighted by Crippen LogP contribution is 2.26. The van der Waals surface area contributed by atoms with Crippen LogP contribution in [0, 0.1) is 0 Å². The number of amides is 1. The first-order chi connectivity index (χ1) is 11.4. The minimum absolute atomic E-state index is 0.116. The van der Waals surface area contributed by atoms with Gasteiger partial charge >= 0.3 is 5.97 Å². The largest absolute Gasteiger partial charge is 0.474 e. The van der Waals surface area contributed by atoms with Crippen LogP contribution in [0.1, 0.15) is 58.8 Å². The van der Waals surface area contributed by atoms with Gasteiger partial charge in [-0.2, -0.15) is 5.10 Å². The number of ether oxygens (including phenoxy) is 2. The molecule has 1 atom stereocenters. The maximum atomic E-state index is 12.3. The fraction of sp³-hybridized carbons (Fsp3) is 0.706. The Kier molecular flexibility index (Phi) is 7.46. The van der Waals surface area contributed by atoms with Gasteiger partial charge in [-0.25, -0.2) is 9.48 Å². The summed E-state index contributed by atoms with van der Waals surface area (Å²) in [7, 11) is 0. The van der Waals surface area contributed by atoms with Gasteiger partial charge in [0, 0.05) is 12.5 Å². The number of aromatic nitrogens is 2. The molecule has 0 saturated carbocycles. The van der Waals surface area contributed by atoms with Crippen molar-refractivity contribution < 1.29 is 19.1 Å². The number of hydrogen-bond donors (Lipinski definition) is 1. The van der Waals surface area contributed by atoms with E-state index in [0.717, 1.165) is 0 Å². The topological polar surface area (TPSA) is 82.5 Å². The van der Waals surface area contributed by atoms with Crippen molar-refractivity contribution in [1.29, 1.82) is 0 Å². The highest BCUT2D eigenvalue weighted by molar-refractivity contribution is 9.09. The van der Waals surface area contributed by atoms with E-state index in [4.69, 9.17) is 9.47 Å². The number of rotatable bonds is 8. The van der Waals surface area contributed by atoms with E-state index in [0.29, 0.717) is 18.0 Å². The molecule has 0 aromatic carbocycles. The molecule has 0 saturated heterocycles. The minimum atomic E-state index is -0.508. The maximum absolute atomic E-state index is 12.3. The molecule has 0 aliphatic rings. The van der Waals surface area contributed by atoms with Gasteiger partial charge in [0.15, 0.2) is 0 Å². The number of halogens is 1. The van der Waals surface area contributed by atoms with Gasteiger partial charge in [0.1, 0.15) is 5.56 Å². The molecule has 1 aromatic rings. The van der Waals surface area contributed by atoms with Crippen LogP contribution in [0.5, 0.6) is 5.88 Å². The molecule has 0 radical (unpaired) electrons. The molecule has 0 aliphatic carbocycles. The van der Waals surface area contributed by atoms with Gasteiger partial charge in [0.25, 0.3) is 0 Å². The molecule has 7 nitrogen and oxygen atoms in total. The molecule has 1 aromatic heterocycles. The molecule has 1 heterocycles. The molecule has 8 heteroatoms. The fourth-order valence-electron chi connectivity index (χ4n) is 2.18. The molecule has 0 aliphatic heterocycles. The number of carbonyl (C=O) groups excluding carboxylic acids is 2. The van der Waals surface area contributed by atoms with Gasteiger partial charge in [-0.1, -0.05) is 15.9 Å². The normalized spacial score (nSPS) is 13.0. The highest BCUT2D eigenvalue weighted by atomic mass is 79.9. The van der Waals surface area contributed by atoms with Crippen LogP contribution in [-0.2, 0) is 16.1 Å². The zero-order chi connectivity index (χ0) is 19.4. The Morgan fingerprint density at radius 1 is 1.28 bits per heavy atom. The van der Waals surface area contributed by atoms with E-state index in [1.54, 1.807) is 18.5 Å². The van der Waals surface area contributed by atoms with Crippen molar-refractivity contribution in [3.63, 3.8) is 0 Å². The highest BCUT2D eigenvalue weighted by Gasteiger charge is 2.31. The quantitative estimate of drug-likeness (QED) is 0.519. The monoisotopic (exact) mass is 417 g/mol. The summed E-state index contributed by atoms with van der Waals surface area (Å²) in [6.45, 7) is 13.0. The van der Waals surface area contributed by atoms with Crippen molar-refractivity contribution in [2.24, 2.45) is 0 Å². The van der Waals surface area contributed by atoms with Crippen LogP contribution in [-0.4, -0.2) is 44.2 Å². The smallest absolute Gasteiger partial charge is 0.345 e. The van der Waals surface area contributed by atoms with E-state index in [-0.39, 0.29) is 22.9 Å². The van der Waals surface area contributed by atoms with E-state index in [1.807, 2.05) is 27.7 Å². The maximum Gasteiger partial charge on any atom is 0.345 e. The molecule has 1 amide bonds. The predicted octanol–water partition coefficient (Wildman–Crippen LogP) is 2.91. The Bertz CT molecular complexity index is 611. The lowest BCUT2D eigenvalue weighted by Gasteiger charge is -2.31. The number of nitrogens with one attached hydrogen (secondary N) is 1.